The molecule has 0 saturated heterocycles. The Morgan fingerprint density at radius 3 is 2.20 bits per heavy atom. The third-order valence-corrected chi connectivity index (χ3v) is 3.58. The van der Waals surface area contributed by atoms with Crippen molar-refractivity contribution in [2.24, 2.45) is 0 Å². The second-order valence-electron chi connectivity index (χ2n) is 5.34. The average molecular weight is 342 g/mol. The molecule has 2 aromatic rings. The van der Waals surface area contributed by atoms with E-state index in [1.165, 1.54) is 31.2 Å². The van der Waals surface area contributed by atoms with Crippen molar-refractivity contribution in [2.75, 3.05) is 11.4 Å². The maximum atomic E-state index is 12.5. The zero-order chi connectivity index (χ0) is 18.4. The monoisotopic (exact) mass is 342 g/mol. The molecule has 0 spiro atoms. The number of hydrogen-bond acceptors (Lipinski definition) is 4. The predicted octanol–water partition coefficient (Wildman–Crippen LogP) is 1.63. The second kappa shape index (κ2) is 7.96. The number of amides is 2. The van der Waals surface area contributed by atoms with Gasteiger partial charge in [0, 0.05) is 11.3 Å². The minimum absolute atomic E-state index is 0.0261. The Morgan fingerprint density at radius 2 is 1.64 bits per heavy atom. The summed E-state index contributed by atoms with van der Waals surface area (Å²) in [6.07, 6.45) is 0. The fraction of sp³-hybridized carbons (Fsp3) is 0.167. The molecule has 0 aliphatic rings. The maximum Gasteiger partial charge on any atom is 0.326 e. The number of hydrogen-bond donors (Lipinski definition) is 3. The van der Waals surface area contributed by atoms with Gasteiger partial charge in [-0.1, -0.05) is 18.2 Å². The number of carboxylic acids is 1. The van der Waals surface area contributed by atoms with Crippen molar-refractivity contribution in [1.29, 1.82) is 0 Å². The highest BCUT2D eigenvalue weighted by Crippen LogP contribution is 2.17. The molecular formula is C18H18N2O5. The number of carbonyl (C=O) groups is 3. The van der Waals surface area contributed by atoms with Gasteiger partial charge < -0.3 is 15.5 Å². The lowest BCUT2D eigenvalue weighted by Crippen LogP contribution is -2.48. The molecule has 2 amide bonds. The largest absolute Gasteiger partial charge is 0.508 e. The van der Waals surface area contributed by atoms with Gasteiger partial charge in [0.1, 0.15) is 11.8 Å². The first kappa shape index (κ1) is 18.0. The molecule has 25 heavy (non-hydrogen) atoms. The lowest BCUT2D eigenvalue weighted by molar-refractivity contribution is -0.139. The Hall–Kier alpha value is -3.35. The van der Waals surface area contributed by atoms with Crippen LogP contribution in [0.15, 0.2) is 54.6 Å². The minimum atomic E-state index is -1.15. The number of rotatable bonds is 6. The Kier molecular flexibility index (Phi) is 5.73. The average Bonchev–Trinajstić information content (AvgIpc) is 2.61. The summed E-state index contributed by atoms with van der Waals surface area (Å²) in [5.74, 6) is -2.17. The fourth-order valence-corrected chi connectivity index (χ4v) is 2.24. The van der Waals surface area contributed by atoms with Crippen LogP contribution >= 0.6 is 0 Å². The van der Waals surface area contributed by atoms with Gasteiger partial charge in [0.15, 0.2) is 0 Å². The second-order valence-corrected chi connectivity index (χ2v) is 5.34. The van der Waals surface area contributed by atoms with Crippen LogP contribution in [-0.2, 0) is 9.59 Å². The summed E-state index contributed by atoms with van der Waals surface area (Å²) in [6.45, 7) is 1.04. The molecule has 2 rings (SSSR count). The zero-order valence-corrected chi connectivity index (χ0v) is 13.5. The molecule has 7 nitrogen and oxygen atoms in total. The number of phenolic OH excluding ortho intramolecular Hbond substituents is 1. The molecular weight excluding hydrogens is 324 g/mol. The standard InChI is InChI=1S/C18H18N2O5/c1-12(18(24)25)20(14-5-3-2-4-6-14)16(22)11-19-17(23)13-7-9-15(21)10-8-13/h2-10,12,21H,11H2,1H3,(H,19,23)(H,24,25). The van der Waals surface area contributed by atoms with E-state index in [0.29, 0.717) is 5.69 Å². The number of anilines is 1. The maximum absolute atomic E-state index is 12.5. The number of aromatic hydroxyl groups is 1. The number of nitrogens with zero attached hydrogens (tertiary/aromatic N) is 1. The van der Waals surface area contributed by atoms with Crippen molar-refractivity contribution < 1.29 is 24.6 Å². The van der Waals surface area contributed by atoms with E-state index in [4.69, 9.17) is 0 Å². The summed E-state index contributed by atoms with van der Waals surface area (Å²) in [5, 5.41) is 20.9. The molecule has 3 N–H and O–H groups in total. The van der Waals surface area contributed by atoms with Crippen LogP contribution in [0.1, 0.15) is 17.3 Å². The van der Waals surface area contributed by atoms with Gasteiger partial charge >= 0.3 is 5.97 Å². The molecule has 0 fully saturated rings. The van der Waals surface area contributed by atoms with Crippen LogP contribution in [0, 0.1) is 0 Å². The van der Waals surface area contributed by atoms with Crippen LogP contribution in [0.3, 0.4) is 0 Å². The first-order valence-electron chi connectivity index (χ1n) is 7.57. The van der Waals surface area contributed by atoms with Crippen LogP contribution in [0.2, 0.25) is 0 Å². The lowest BCUT2D eigenvalue weighted by Gasteiger charge is -2.26. The van der Waals surface area contributed by atoms with Crippen molar-refractivity contribution in [2.45, 2.75) is 13.0 Å². The van der Waals surface area contributed by atoms with E-state index in [-0.39, 0.29) is 17.9 Å². The number of nitrogens with one attached hydrogen (secondary N) is 1. The summed E-state index contributed by atoms with van der Waals surface area (Å²) >= 11 is 0. The molecule has 1 unspecified atom stereocenters. The van der Waals surface area contributed by atoms with Gasteiger partial charge in [0.05, 0.1) is 6.54 Å². The predicted molar refractivity (Wildman–Crippen MR) is 91.5 cm³/mol. The van der Waals surface area contributed by atoms with Gasteiger partial charge in [-0.25, -0.2) is 4.79 Å². The lowest BCUT2D eigenvalue weighted by atomic mass is 10.2. The highest BCUT2D eigenvalue weighted by atomic mass is 16.4. The molecule has 0 saturated carbocycles. The molecule has 0 aliphatic heterocycles. The van der Waals surface area contributed by atoms with Gasteiger partial charge in [-0.15, -0.1) is 0 Å². The van der Waals surface area contributed by atoms with E-state index in [1.807, 2.05) is 0 Å². The third kappa shape index (κ3) is 4.57. The van der Waals surface area contributed by atoms with Crippen molar-refractivity contribution in [3.8, 4) is 5.75 Å². The highest BCUT2D eigenvalue weighted by Gasteiger charge is 2.27. The summed E-state index contributed by atoms with van der Waals surface area (Å²) < 4.78 is 0. The van der Waals surface area contributed by atoms with Gasteiger partial charge in [0.25, 0.3) is 5.91 Å². The van der Waals surface area contributed by atoms with E-state index in [9.17, 15) is 24.6 Å². The minimum Gasteiger partial charge on any atom is -0.508 e. The molecule has 2 aromatic carbocycles. The molecule has 0 aliphatic carbocycles. The first-order chi connectivity index (χ1) is 11.9. The van der Waals surface area contributed by atoms with E-state index >= 15 is 0 Å². The van der Waals surface area contributed by atoms with Crippen LogP contribution < -0.4 is 10.2 Å². The topological polar surface area (TPSA) is 107 Å². The Morgan fingerprint density at radius 1 is 1.04 bits per heavy atom. The summed E-state index contributed by atoms with van der Waals surface area (Å²) in [7, 11) is 0. The van der Waals surface area contributed by atoms with Crippen LogP contribution in [0.4, 0.5) is 5.69 Å². The normalized spacial score (nSPS) is 11.4. The van der Waals surface area contributed by atoms with Gasteiger partial charge in [-0.3, -0.25) is 14.5 Å². The third-order valence-electron chi connectivity index (χ3n) is 3.58. The Labute approximate surface area is 144 Å². The first-order valence-corrected chi connectivity index (χ1v) is 7.57. The summed E-state index contributed by atoms with van der Waals surface area (Å²) in [4.78, 5) is 37.0. The van der Waals surface area contributed by atoms with Gasteiger partial charge in [0.2, 0.25) is 5.91 Å². The van der Waals surface area contributed by atoms with E-state index in [2.05, 4.69) is 5.32 Å². The molecule has 0 heterocycles. The van der Waals surface area contributed by atoms with Gasteiger partial charge in [-0.2, -0.15) is 0 Å². The Balaban J connectivity index is 2.10. The number of carboxylic acid groups (broad SMARTS) is 1. The van der Waals surface area contributed by atoms with Crippen molar-refractivity contribution in [3.63, 3.8) is 0 Å². The van der Waals surface area contributed by atoms with Gasteiger partial charge in [-0.05, 0) is 43.3 Å². The quantitative estimate of drug-likeness (QED) is 0.740. The number of carbonyl (C=O) groups excluding carboxylic acids is 2. The van der Waals surface area contributed by atoms with Crippen molar-refractivity contribution >= 4 is 23.5 Å². The molecule has 0 aromatic heterocycles. The van der Waals surface area contributed by atoms with E-state index in [1.54, 1.807) is 30.3 Å². The zero-order valence-electron chi connectivity index (χ0n) is 13.5. The summed E-state index contributed by atoms with van der Waals surface area (Å²) in [5.41, 5.74) is 0.712. The SMILES string of the molecule is CC(C(=O)O)N(C(=O)CNC(=O)c1ccc(O)cc1)c1ccccc1. The molecule has 0 radical (unpaired) electrons. The number of phenols is 1. The molecule has 1 atom stereocenters. The molecule has 130 valence electrons. The summed E-state index contributed by atoms with van der Waals surface area (Å²) in [6, 6.07) is 12.9. The van der Waals surface area contributed by atoms with Crippen LogP contribution in [0.25, 0.3) is 0 Å². The van der Waals surface area contributed by atoms with E-state index < -0.39 is 23.8 Å². The van der Waals surface area contributed by atoms with Crippen molar-refractivity contribution in [1.82, 2.24) is 5.32 Å². The Bertz CT molecular complexity index is 759. The fourth-order valence-electron chi connectivity index (χ4n) is 2.24. The molecule has 7 heteroatoms. The molecule has 0 bridgehead atoms. The van der Waals surface area contributed by atoms with Crippen molar-refractivity contribution in [3.05, 3.63) is 60.2 Å². The van der Waals surface area contributed by atoms with Crippen LogP contribution in [-0.4, -0.2) is 40.6 Å². The number of benzene rings is 2. The number of para-hydroxylation sites is 1. The number of aliphatic carboxylic acids is 1. The smallest absolute Gasteiger partial charge is 0.326 e. The van der Waals surface area contributed by atoms with Crippen LogP contribution in [0.5, 0.6) is 5.75 Å². The van der Waals surface area contributed by atoms with E-state index in [0.717, 1.165) is 4.90 Å². The highest BCUT2D eigenvalue weighted by molar-refractivity contribution is 6.03.